The lowest BCUT2D eigenvalue weighted by Gasteiger charge is -2.01. The van der Waals surface area contributed by atoms with E-state index in [-0.39, 0.29) is 23.0 Å². The summed E-state index contributed by atoms with van der Waals surface area (Å²) in [7, 11) is 1.33. The fourth-order valence-electron chi connectivity index (χ4n) is 1.82. The third-order valence-corrected chi connectivity index (χ3v) is 3.96. The molecule has 0 unspecified atom stereocenters. The predicted octanol–water partition coefficient (Wildman–Crippen LogP) is 1.000. The van der Waals surface area contributed by atoms with Crippen LogP contribution in [0, 0.1) is 10.1 Å². The Hall–Kier alpha value is -2.95. The minimum atomic E-state index is -1.09. The SMILES string of the molecule is COc1ccc(/C=N\N=C2/NC(=O)[C@H](CC(=O)O)S2)cc1[N+](=O)[O-]. The van der Waals surface area contributed by atoms with E-state index in [2.05, 4.69) is 15.5 Å². The van der Waals surface area contributed by atoms with Crippen LogP contribution in [0.15, 0.2) is 28.4 Å². The topological polar surface area (TPSA) is 143 Å². The lowest BCUT2D eigenvalue weighted by atomic mass is 10.2. The maximum Gasteiger partial charge on any atom is 0.311 e. The highest BCUT2D eigenvalue weighted by Crippen LogP contribution is 2.27. The molecule has 2 N–H and O–H groups in total. The monoisotopic (exact) mass is 352 g/mol. The summed E-state index contributed by atoms with van der Waals surface area (Å²) in [6, 6.07) is 4.26. The Labute approximate surface area is 139 Å². The van der Waals surface area contributed by atoms with E-state index in [1.165, 1.54) is 25.5 Å². The Morgan fingerprint density at radius 3 is 2.96 bits per heavy atom. The lowest BCUT2D eigenvalue weighted by molar-refractivity contribution is -0.385. The number of hydrogen-bond donors (Lipinski definition) is 2. The molecule has 1 amide bonds. The van der Waals surface area contributed by atoms with Crippen molar-refractivity contribution >= 4 is 40.7 Å². The largest absolute Gasteiger partial charge is 0.490 e. The van der Waals surface area contributed by atoms with Gasteiger partial charge in [0.25, 0.3) is 0 Å². The number of amidine groups is 1. The highest BCUT2D eigenvalue weighted by Gasteiger charge is 2.32. The van der Waals surface area contributed by atoms with Crippen LogP contribution in [0.5, 0.6) is 5.75 Å². The molecule has 24 heavy (non-hydrogen) atoms. The standard InChI is InChI=1S/C13H12N4O6S/c1-23-9-3-2-7(4-8(9)17(21)22)6-14-16-13-15-12(20)10(24-13)5-11(18)19/h2-4,6,10H,5H2,1H3,(H,18,19)(H,15,16,20)/b14-6-/t10-/m0/s1. The van der Waals surface area contributed by atoms with Gasteiger partial charge in [0.15, 0.2) is 10.9 Å². The zero-order valence-electron chi connectivity index (χ0n) is 12.3. The van der Waals surface area contributed by atoms with Crippen molar-refractivity contribution in [1.29, 1.82) is 0 Å². The van der Waals surface area contributed by atoms with Gasteiger partial charge in [0.05, 0.1) is 24.7 Å². The fraction of sp³-hybridized carbons (Fsp3) is 0.231. The molecule has 126 valence electrons. The zero-order chi connectivity index (χ0) is 17.7. The molecule has 11 heteroatoms. The Morgan fingerprint density at radius 2 is 2.33 bits per heavy atom. The van der Waals surface area contributed by atoms with E-state index in [0.717, 1.165) is 11.8 Å². The first-order valence-corrected chi connectivity index (χ1v) is 7.41. The number of carboxylic acids is 1. The van der Waals surface area contributed by atoms with Crippen LogP contribution in [0.1, 0.15) is 12.0 Å². The molecule has 1 saturated heterocycles. The van der Waals surface area contributed by atoms with E-state index < -0.39 is 22.0 Å². The number of rotatable bonds is 6. The van der Waals surface area contributed by atoms with Crippen molar-refractivity contribution in [3.63, 3.8) is 0 Å². The maximum absolute atomic E-state index is 11.5. The molecule has 0 bridgehead atoms. The van der Waals surface area contributed by atoms with E-state index in [0.29, 0.717) is 5.56 Å². The van der Waals surface area contributed by atoms with Gasteiger partial charge in [0, 0.05) is 11.6 Å². The number of carbonyl (C=O) groups is 2. The average molecular weight is 352 g/mol. The van der Waals surface area contributed by atoms with Gasteiger partial charge in [-0.2, -0.15) is 5.10 Å². The molecule has 1 fully saturated rings. The van der Waals surface area contributed by atoms with Crippen LogP contribution in [0.4, 0.5) is 5.69 Å². The van der Waals surface area contributed by atoms with Gasteiger partial charge >= 0.3 is 11.7 Å². The second-order valence-corrected chi connectivity index (χ2v) is 5.72. The number of nitro benzene ring substituents is 1. The van der Waals surface area contributed by atoms with Crippen LogP contribution in [0.3, 0.4) is 0 Å². The van der Waals surface area contributed by atoms with Gasteiger partial charge in [-0.3, -0.25) is 19.7 Å². The Balaban J connectivity index is 2.09. The molecule has 0 saturated carbocycles. The minimum absolute atomic E-state index is 0.124. The summed E-state index contributed by atoms with van der Waals surface area (Å²) in [4.78, 5) is 32.5. The number of nitrogens with one attached hydrogen (secondary N) is 1. The predicted molar refractivity (Wildman–Crippen MR) is 86.5 cm³/mol. The molecule has 10 nitrogen and oxygen atoms in total. The van der Waals surface area contributed by atoms with Crippen molar-refractivity contribution < 1.29 is 24.4 Å². The normalized spacial score (nSPS) is 18.8. The molecule has 1 heterocycles. The number of amides is 1. The van der Waals surface area contributed by atoms with Crippen LogP contribution >= 0.6 is 11.8 Å². The second kappa shape index (κ2) is 7.55. The minimum Gasteiger partial charge on any atom is -0.490 e. The summed E-state index contributed by atoms with van der Waals surface area (Å²) in [5.41, 5.74) is 0.211. The number of hydrogen-bond acceptors (Lipinski definition) is 8. The summed E-state index contributed by atoms with van der Waals surface area (Å²) in [5.74, 6) is -1.41. The molecular weight excluding hydrogens is 340 g/mol. The Morgan fingerprint density at radius 1 is 1.58 bits per heavy atom. The van der Waals surface area contributed by atoms with Crippen molar-refractivity contribution in [3.05, 3.63) is 33.9 Å². The van der Waals surface area contributed by atoms with Crippen molar-refractivity contribution in [2.24, 2.45) is 10.2 Å². The number of benzene rings is 1. The van der Waals surface area contributed by atoms with Crippen molar-refractivity contribution in [2.45, 2.75) is 11.7 Å². The molecule has 0 aromatic heterocycles. The highest BCUT2D eigenvalue weighted by molar-refractivity contribution is 8.15. The van der Waals surface area contributed by atoms with E-state index in [1.54, 1.807) is 6.07 Å². The molecule has 1 aromatic rings. The van der Waals surface area contributed by atoms with Gasteiger partial charge in [-0.15, -0.1) is 5.10 Å². The summed E-state index contributed by atoms with van der Waals surface area (Å²) in [6.45, 7) is 0. The average Bonchev–Trinajstić information content (AvgIpc) is 2.86. The number of aliphatic carboxylic acids is 1. The molecule has 2 rings (SSSR count). The second-order valence-electron chi connectivity index (χ2n) is 4.53. The molecule has 0 radical (unpaired) electrons. The molecule has 1 aliphatic rings. The molecular formula is C13H12N4O6S. The summed E-state index contributed by atoms with van der Waals surface area (Å²) >= 11 is 0.963. The number of carboxylic acid groups (broad SMARTS) is 1. The van der Waals surface area contributed by atoms with E-state index >= 15 is 0 Å². The molecule has 0 aliphatic carbocycles. The lowest BCUT2D eigenvalue weighted by Crippen LogP contribution is -2.26. The third-order valence-electron chi connectivity index (χ3n) is 2.89. The van der Waals surface area contributed by atoms with Crippen molar-refractivity contribution in [2.75, 3.05) is 7.11 Å². The summed E-state index contributed by atoms with van der Waals surface area (Å²) < 4.78 is 4.89. The van der Waals surface area contributed by atoms with Crippen LogP contribution < -0.4 is 10.1 Å². The maximum atomic E-state index is 11.5. The first-order chi connectivity index (χ1) is 11.4. The number of nitrogens with zero attached hydrogens (tertiary/aromatic N) is 3. The van der Waals surface area contributed by atoms with Crippen LogP contribution in [0.25, 0.3) is 0 Å². The smallest absolute Gasteiger partial charge is 0.311 e. The Bertz CT molecular complexity index is 748. The summed E-state index contributed by atoms with van der Waals surface area (Å²) in [6.07, 6.45) is 0.959. The van der Waals surface area contributed by atoms with Crippen molar-refractivity contribution in [3.8, 4) is 5.75 Å². The van der Waals surface area contributed by atoms with E-state index in [9.17, 15) is 19.7 Å². The molecule has 1 atom stereocenters. The van der Waals surface area contributed by atoms with Gasteiger partial charge in [0.2, 0.25) is 5.91 Å². The summed E-state index contributed by atoms with van der Waals surface area (Å²) in [5, 5.41) is 29.0. The molecule has 0 spiro atoms. The zero-order valence-corrected chi connectivity index (χ0v) is 13.1. The Kier molecular flexibility index (Phi) is 5.47. The number of ether oxygens (including phenoxy) is 1. The number of carbonyl (C=O) groups excluding carboxylic acids is 1. The number of methoxy groups -OCH3 is 1. The van der Waals surface area contributed by atoms with Gasteiger partial charge in [-0.1, -0.05) is 11.8 Å². The van der Waals surface area contributed by atoms with Crippen LogP contribution in [-0.2, 0) is 9.59 Å². The van der Waals surface area contributed by atoms with Gasteiger partial charge in [-0.25, -0.2) is 0 Å². The van der Waals surface area contributed by atoms with E-state index in [1.807, 2.05) is 0 Å². The number of thioether (sulfide) groups is 1. The van der Waals surface area contributed by atoms with Crippen LogP contribution in [0.2, 0.25) is 0 Å². The van der Waals surface area contributed by atoms with Gasteiger partial charge < -0.3 is 15.2 Å². The van der Waals surface area contributed by atoms with Crippen LogP contribution in [-0.4, -0.2) is 45.6 Å². The van der Waals surface area contributed by atoms with Gasteiger partial charge in [0.1, 0.15) is 5.25 Å². The van der Waals surface area contributed by atoms with E-state index in [4.69, 9.17) is 9.84 Å². The first-order valence-electron chi connectivity index (χ1n) is 6.53. The quantitative estimate of drug-likeness (QED) is 0.441. The fourth-order valence-corrected chi connectivity index (χ4v) is 2.74. The number of nitro groups is 1. The first kappa shape index (κ1) is 17.4. The molecule has 1 aromatic carbocycles. The highest BCUT2D eigenvalue weighted by atomic mass is 32.2. The third kappa shape index (κ3) is 4.29. The van der Waals surface area contributed by atoms with Crippen molar-refractivity contribution in [1.82, 2.24) is 5.32 Å². The van der Waals surface area contributed by atoms with Gasteiger partial charge in [-0.05, 0) is 12.1 Å². The molecule has 1 aliphatic heterocycles.